The summed E-state index contributed by atoms with van der Waals surface area (Å²) in [5.41, 5.74) is 2.29. The molecule has 3 aromatic carbocycles. The summed E-state index contributed by atoms with van der Waals surface area (Å²) in [7, 11) is -4.04. The van der Waals surface area contributed by atoms with Gasteiger partial charge in [-0.2, -0.15) is 0 Å². The van der Waals surface area contributed by atoms with Gasteiger partial charge in [-0.25, -0.2) is 8.42 Å². The Morgan fingerprint density at radius 2 is 1.55 bits per heavy atom. The van der Waals surface area contributed by atoms with Gasteiger partial charge in [0, 0.05) is 12.6 Å². The summed E-state index contributed by atoms with van der Waals surface area (Å²) in [5.74, 6) is -0.681. The zero-order valence-corrected chi connectivity index (χ0v) is 22.7. The molecule has 2 amide bonds. The quantitative estimate of drug-likeness (QED) is 0.411. The molecule has 0 aromatic heterocycles. The maximum atomic E-state index is 13.9. The number of nitrogens with one attached hydrogen (secondary N) is 1. The lowest BCUT2D eigenvalue weighted by Crippen LogP contribution is -2.52. The predicted octanol–water partition coefficient (Wildman–Crippen LogP) is 4.67. The summed E-state index contributed by atoms with van der Waals surface area (Å²) in [6.45, 7) is 3.42. The second-order valence-electron chi connectivity index (χ2n) is 9.84. The Hall–Kier alpha value is -3.65. The third kappa shape index (κ3) is 6.61. The van der Waals surface area contributed by atoms with Crippen molar-refractivity contribution in [1.82, 2.24) is 10.2 Å². The number of carbonyl (C=O) groups is 2. The molecule has 1 N–H and O–H groups in total. The Kier molecular flexibility index (Phi) is 8.84. The van der Waals surface area contributed by atoms with E-state index < -0.39 is 28.5 Å². The topological polar surface area (TPSA) is 86.8 Å². The average Bonchev–Trinajstić information content (AvgIpc) is 3.44. The number of hydrogen-bond donors (Lipinski definition) is 1. The number of anilines is 1. The van der Waals surface area contributed by atoms with Crippen molar-refractivity contribution in [2.24, 2.45) is 0 Å². The lowest BCUT2D eigenvalue weighted by atomic mass is 10.1. The molecular formula is C30H35N3O4S. The Bertz CT molecular complexity index is 1340. The van der Waals surface area contributed by atoms with E-state index >= 15 is 0 Å². The van der Waals surface area contributed by atoms with Crippen LogP contribution in [0.15, 0.2) is 89.8 Å². The normalized spacial score (nSPS) is 14.6. The first-order valence-electron chi connectivity index (χ1n) is 13.0. The number of aryl methyl sites for hydroxylation is 1. The van der Waals surface area contributed by atoms with E-state index in [1.807, 2.05) is 31.2 Å². The molecule has 1 unspecified atom stereocenters. The molecule has 0 bridgehead atoms. The van der Waals surface area contributed by atoms with Crippen LogP contribution in [0.25, 0.3) is 0 Å². The summed E-state index contributed by atoms with van der Waals surface area (Å²) in [4.78, 5) is 28.7. The Morgan fingerprint density at radius 3 is 2.18 bits per heavy atom. The standard InChI is InChI=1S/C30H35N3O4S/c1-23-12-11-13-25(20-23)21-32(24(2)30(35)31-26-14-9-10-15-26)29(34)22-33(27-16-5-3-6-17-27)38(36,37)28-18-7-4-8-19-28/h3-8,11-13,16-20,24,26H,9-10,14-15,21-22H2,1-2H3,(H,31,35). The fraction of sp³-hybridized carbons (Fsp3) is 0.333. The number of amides is 2. The lowest BCUT2D eigenvalue weighted by Gasteiger charge is -2.32. The van der Waals surface area contributed by atoms with Crippen LogP contribution < -0.4 is 9.62 Å². The van der Waals surface area contributed by atoms with Crippen molar-refractivity contribution in [2.45, 2.75) is 63.1 Å². The fourth-order valence-electron chi connectivity index (χ4n) is 4.82. The summed E-state index contributed by atoms with van der Waals surface area (Å²) in [6.07, 6.45) is 4.02. The molecule has 3 aromatic rings. The number of carbonyl (C=O) groups excluding carboxylic acids is 2. The summed E-state index contributed by atoms with van der Waals surface area (Å²) >= 11 is 0. The number of para-hydroxylation sites is 1. The number of benzene rings is 3. The van der Waals surface area contributed by atoms with Gasteiger partial charge in [-0.3, -0.25) is 13.9 Å². The molecule has 4 rings (SSSR count). The molecule has 1 aliphatic rings. The molecule has 1 atom stereocenters. The Balaban J connectivity index is 1.66. The van der Waals surface area contributed by atoms with E-state index in [9.17, 15) is 18.0 Å². The predicted molar refractivity (Wildman–Crippen MR) is 149 cm³/mol. The van der Waals surface area contributed by atoms with Crippen molar-refractivity contribution >= 4 is 27.5 Å². The van der Waals surface area contributed by atoms with Gasteiger partial charge in [0.1, 0.15) is 12.6 Å². The third-order valence-corrected chi connectivity index (χ3v) is 8.75. The smallest absolute Gasteiger partial charge is 0.264 e. The highest BCUT2D eigenvalue weighted by Gasteiger charge is 2.33. The van der Waals surface area contributed by atoms with E-state index in [4.69, 9.17) is 0 Å². The van der Waals surface area contributed by atoms with Gasteiger partial charge in [0.05, 0.1) is 10.6 Å². The Labute approximate surface area is 225 Å². The minimum absolute atomic E-state index is 0.0916. The van der Waals surface area contributed by atoms with Crippen molar-refractivity contribution in [1.29, 1.82) is 0 Å². The van der Waals surface area contributed by atoms with Gasteiger partial charge in [-0.15, -0.1) is 0 Å². The zero-order chi connectivity index (χ0) is 27.1. The van der Waals surface area contributed by atoms with Crippen LogP contribution in [0.1, 0.15) is 43.7 Å². The summed E-state index contributed by atoms with van der Waals surface area (Å²) < 4.78 is 28.5. The highest BCUT2D eigenvalue weighted by atomic mass is 32.2. The molecule has 200 valence electrons. The molecule has 1 saturated carbocycles. The van der Waals surface area contributed by atoms with Crippen LogP contribution in [-0.2, 0) is 26.2 Å². The van der Waals surface area contributed by atoms with Gasteiger partial charge in [0.2, 0.25) is 11.8 Å². The van der Waals surface area contributed by atoms with Gasteiger partial charge in [-0.05, 0) is 56.5 Å². The molecule has 0 heterocycles. The van der Waals surface area contributed by atoms with Crippen LogP contribution in [0.2, 0.25) is 0 Å². The molecular weight excluding hydrogens is 498 g/mol. The third-order valence-electron chi connectivity index (χ3n) is 6.96. The molecule has 0 aliphatic heterocycles. The van der Waals surface area contributed by atoms with Crippen LogP contribution in [-0.4, -0.2) is 43.8 Å². The maximum Gasteiger partial charge on any atom is 0.264 e. The highest BCUT2D eigenvalue weighted by Crippen LogP contribution is 2.24. The van der Waals surface area contributed by atoms with Crippen LogP contribution in [0.4, 0.5) is 5.69 Å². The lowest BCUT2D eigenvalue weighted by molar-refractivity contribution is -0.139. The van der Waals surface area contributed by atoms with Gasteiger partial charge < -0.3 is 10.2 Å². The molecule has 1 aliphatic carbocycles. The number of rotatable bonds is 10. The van der Waals surface area contributed by atoms with Crippen LogP contribution in [0.5, 0.6) is 0 Å². The molecule has 8 heteroatoms. The first kappa shape index (κ1) is 27.4. The maximum absolute atomic E-state index is 13.9. The first-order chi connectivity index (χ1) is 18.3. The van der Waals surface area contributed by atoms with Crippen molar-refractivity contribution in [3.8, 4) is 0 Å². The van der Waals surface area contributed by atoms with Crippen molar-refractivity contribution in [3.05, 3.63) is 96.1 Å². The van der Waals surface area contributed by atoms with Crippen molar-refractivity contribution in [3.63, 3.8) is 0 Å². The zero-order valence-electron chi connectivity index (χ0n) is 21.9. The van der Waals surface area contributed by atoms with Crippen molar-refractivity contribution < 1.29 is 18.0 Å². The first-order valence-corrected chi connectivity index (χ1v) is 14.5. The van der Waals surface area contributed by atoms with Gasteiger partial charge in [-0.1, -0.05) is 79.1 Å². The minimum atomic E-state index is -4.04. The van der Waals surface area contributed by atoms with E-state index in [0.717, 1.165) is 41.1 Å². The molecule has 1 fully saturated rings. The van der Waals surface area contributed by atoms with Gasteiger partial charge in [0.15, 0.2) is 0 Å². The van der Waals surface area contributed by atoms with E-state index in [1.54, 1.807) is 55.5 Å². The number of hydrogen-bond acceptors (Lipinski definition) is 4. The van der Waals surface area contributed by atoms with Crippen LogP contribution >= 0.6 is 0 Å². The molecule has 0 radical (unpaired) electrons. The van der Waals surface area contributed by atoms with Gasteiger partial charge >= 0.3 is 0 Å². The molecule has 7 nitrogen and oxygen atoms in total. The van der Waals surface area contributed by atoms with E-state index in [1.165, 1.54) is 17.0 Å². The second-order valence-corrected chi connectivity index (χ2v) is 11.7. The van der Waals surface area contributed by atoms with Crippen LogP contribution in [0.3, 0.4) is 0 Å². The number of nitrogens with zero attached hydrogens (tertiary/aromatic N) is 2. The second kappa shape index (κ2) is 12.3. The number of sulfonamides is 1. The molecule has 0 saturated heterocycles. The fourth-order valence-corrected chi connectivity index (χ4v) is 6.26. The largest absolute Gasteiger partial charge is 0.352 e. The molecule has 0 spiro atoms. The summed E-state index contributed by atoms with van der Waals surface area (Å²) in [5, 5.41) is 3.09. The molecule has 38 heavy (non-hydrogen) atoms. The van der Waals surface area contributed by atoms with Crippen LogP contribution in [0, 0.1) is 6.92 Å². The average molecular weight is 534 g/mol. The van der Waals surface area contributed by atoms with Gasteiger partial charge in [0.25, 0.3) is 10.0 Å². The minimum Gasteiger partial charge on any atom is -0.352 e. The van der Waals surface area contributed by atoms with Crippen molar-refractivity contribution in [2.75, 3.05) is 10.8 Å². The Morgan fingerprint density at radius 1 is 0.921 bits per heavy atom. The van der Waals surface area contributed by atoms with E-state index in [0.29, 0.717) is 5.69 Å². The highest BCUT2D eigenvalue weighted by molar-refractivity contribution is 7.92. The SMILES string of the molecule is Cc1cccc(CN(C(=O)CN(c2ccccc2)S(=O)(=O)c2ccccc2)C(C)C(=O)NC2CCCC2)c1. The van der Waals surface area contributed by atoms with E-state index in [-0.39, 0.29) is 23.4 Å². The monoisotopic (exact) mass is 533 g/mol. The van der Waals surface area contributed by atoms with E-state index in [2.05, 4.69) is 5.32 Å². The summed E-state index contributed by atoms with van der Waals surface area (Å²) in [6, 6.07) is 23.7.